The SMILES string of the molecule is CC1(C)OB(C(F)=Cc2ccc(Br)cc2O)OC1(C)C. The van der Waals surface area contributed by atoms with Gasteiger partial charge in [0.15, 0.2) is 0 Å². The van der Waals surface area contributed by atoms with E-state index in [9.17, 15) is 9.50 Å². The monoisotopic (exact) mass is 342 g/mol. The van der Waals surface area contributed by atoms with Gasteiger partial charge in [0.1, 0.15) is 11.5 Å². The Balaban J connectivity index is 2.24. The van der Waals surface area contributed by atoms with Crippen LogP contribution in [0.4, 0.5) is 4.39 Å². The van der Waals surface area contributed by atoms with Crippen LogP contribution in [0, 0.1) is 0 Å². The molecule has 0 spiro atoms. The average molecular weight is 343 g/mol. The molecule has 0 unspecified atom stereocenters. The predicted molar refractivity (Wildman–Crippen MR) is 81.0 cm³/mol. The van der Waals surface area contributed by atoms with Gasteiger partial charge in [0.25, 0.3) is 0 Å². The first-order valence-electron chi connectivity index (χ1n) is 6.34. The molecule has 3 nitrogen and oxygen atoms in total. The highest BCUT2D eigenvalue weighted by Gasteiger charge is 2.53. The zero-order valence-electron chi connectivity index (χ0n) is 11.9. The molecule has 1 N–H and O–H groups in total. The maximum Gasteiger partial charge on any atom is 0.525 e. The highest BCUT2D eigenvalue weighted by molar-refractivity contribution is 9.10. The van der Waals surface area contributed by atoms with E-state index in [0.29, 0.717) is 5.56 Å². The Morgan fingerprint density at radius 1 is 1.25 bits per heavy atom. The van der Waals surface area contributed by atoms with Crippen molar-refractivity contribution in [2.75, 3.05) is 0 Å². The summed E-state index contributed by atoms with van der Waals surface area (Å²) in [6.07, 6.45) is 1.23. The maximum atomic E-state index is 14.2. The highest BCUT2D eigenvalue weighted by atomic mass is 79.9. The third-order valence-electron chi connectivity index (χ3n) is 3.76. The van der Waals surface area contributed by atoms with Gasteiger partial charge in [0.2, 0.25) is 0 Å². The van der Waals surface area contributed by atoms with E-state index in [1.165, 1.54) is 12.1 Å². The lowest BCUT2D eigenvalue weighted by Crippen LogP contribution is -2.41. The van der Waals surface area contributed by atoms with Crippen LogP contribution in [0.1, 0.15) is 33.3 Å². The smallest absolute Gasteiger partial charge is 0.507 e. The topological polar surface area (TPSA) is 38.7 Å². The third-order valence-corrected chi connectivity index (χ3v) is 4.26. The van der Waals surface area contributed by atoms with Crippen molar-refractivity contribution in [1.29, 1.82) is 0 Å². The Labute approximate surface area is 127 Å². The Bertz CT molecular complexity index is 541. The van der Waals surface area contributed by atoms with Gasteiger partial charge in [-0.15, -0.1) is 0 Å². The zero-order chi connectivity index (χ0) is 15.1. The van der Waals surface area contributed by atoms with E-state index in [4.69, 9.17) is 9.31 Å². The molecule has 0 aliphatic carbocycles. The van der Waals surface area contributed by atoms with Gasteiger partial charge >= 0.3 is 7.12 Å². The van der Waals surface area contributed by atoms with Crippen molar-refractivity contribution in [3.05, 3.63) is 34.0 Å². The standard InChI is InChI=1S/C14H17BBrFO3/c1-13(2)14(3,4)20-15(19-13)12(17)7-9-5-6-10(16)8-11(9)18/h5-8,18H,1-4H3. The van der Waals surface area contributed by atoms with Crippen LogP contribution in [0.25, 0.3) is 6.08 Å². The van der Waals surface area contributed by atoms with Crippen molar-refractivity contribution >= 4 is 29.1 Å². The Kier molecular flexibility index (Phi) is 4.02. The molecule has 1 aliphatic rings. The fourth-order valence-corrected chi connectivity index (χ4v) is 2.16. The highest BCUT2D eigenvalue weighted by Crippen LogP contribution is 2.39. The summed E-state index contributed by atoms with van der Waals surface area (Å²) in [6, 6.07) is 4.84. The first-order chi connectivity index (χ1) is 9.12. The average Bonchev–Trinajstić information content (AvgIpc) is 2.52. The quantitative estimate of drug-likeness (QED) is 0.822. The molecule has 1 aromatic rings. The van der Waals surface area contributed by atoms with E-state index < -0.39 is 24.0 Å². The van der Waals surface area contributed by atoms with Gasteiger partial charge in [-0.1, -0.05) is 22.0 Å². The summed E-state index contributed by atoms with van der Waals surface area (Å²) in [5.41, 5.74) is -1.38. The van der Waals surface area contributed by atoms with E-state index in [0.717, 1.165) is 4.47 Å². The summed E-state index contributed by atoms with van der Waals surface area (Å²) in [7, 11) is -1.05. The molecule has 1 aromatic carbocycles. The second kappa shape index (κ2) is 5.17. The molecular formula is C14H17BBrFO3. The number of aromatic hydroxyl groups is 1. The van der Waals surface area contributed by atoms with Crippen LogP contribution >= 0.6 is 15.9 Å². The largest absolute Gasteiger partial charge is 0.525 e. The molecule has 0 saturated carbocycles. The van der Waals surface area contributed by atoms with E-state index >= 15 is 0 Å². The molecule has 20 heavy (non-hydrogen) atoms. The number of phenols is 1. The number of hydrogen-bond acceptors (Lipinski definition) is 3. The Morgan fingerprint density at radius 3 is 2.30 bits per heavy atom. The van der Waals surface area contributed by atoms with Crippen LogP contribution in [0.15, 0.2) is 28.4 Å². The number of phenolic OH excluding ortho intramolecular Hbond substituents is 1. The number of rotatable bonds is 2. The van der Waals surface area contributed by atoms with Crippen LogP contribution in [0.3, 0.4) is 0 Å². The van der Waals surface area contributed by atoms with Crippen LogP contribution in [0.2, 0.25) is 0 Å². The van der Waals surface area contributed by atoms with Gasteiger partial charge in [-0.2, -0.15) is 0 Å². The molecule has 0 radical (unpaired) electrons. The van der Waals surface area contributed by atoms with Crippen LogP contribution in [-0.4, -0.2) is 23.4 Å². The third kappa shape index (κ3) is 2.92. The minimum Gasteiger partial charge on any atom is -0.507 e. The molecule has 0 aromatic heterocycles. The van der Waals surface area contributed by atoms with Crippen LogP contribution in [-0.2, 0) is 9.31 Å². The second-order valence-corrected chi connectivity index (χ2v) is 6.74. The van der Waals surface area contributed by atoms with Crippen LogP contribution in [0.5, 0.6) is 5.75 Å². The molecule has 0 bridgehead atoms. The first kappa shape index (κ1) is 15.5. The summed E-state index contributed by atoms with van der Waals surface area (Å²) in [4.78, 5) is 0. The van der Waals surface area contributed by atoms with Crippen molar-refractivity contribution in [3.8, 4) is 5.75 Å². The number of halogens is 2. The first-order valence-corrected chi connectivity index (χ1v) is 7.13. The molecule has 0 amide bonds. The van der Waals surface area contributed by atoms with Crippen molar-refractivity contribution in [3.63, 3.8) is 0 Å². The van der Waals surface area contributed by atoms with E-state index in [1.54, 1.807) is 12.1 Å². The summed E-state index contributed by atoms with van der Waals surface area (Å²) >= 11 is 3.23. The second-order valence-electron chi connectivity index (χ2n) is 5.82. The summed E-state index contributed by atoms with van der Waals surface area (Å²) in [5, 5.41) is 9.77. The summed E-state index contributed by atoms with van der Waals surface area (Å²) in [5.74, 6) is -0.00829. The molecule has 6 heteroatoms. The van der Waals surface area contributed by atoms with Gasteiger partial charge in [-0.3, -0.25) is 0 Å². The molecule has 1 aliphatic heterocycles. The molecular weight excluding hydrogens is 326 g/mol. The van der Waals surface area contributed by atoms with E-state index in [-0.39, 0.29) is 5.75 Å². The van der Waals surface area contributed by atoms with E-state index in [2.05, 4.69) is 15.9 Å². The number of hydrogen-bond donors (Lipinski definition) is 1. The van der Waals surface area contributed by atoms with Crippen molar-refractivity contribution in [1.82, 2.24) is 0 Å². The zero-order valence-corrected chi connectivity index (χ0v) is 13.5. The van der Waals surface area contributed by atoms with Crippen LogP contribution < -0.4 is 0 Å². The van der Waals surface area contributed by atoms with Gasteiger partial charge in [0, 0.05) is 10.0 Å². The summed E-state index contributed by atoms with van der Waals surface area (Å²) in [6.45, 7) is 7.43. The Morgan fingerprint density at radius 2 is 1.80 bits per heavy atom. The summed E-state index contributed by atoms with van der Waals surface area (Å²) < 4.78 is 26.2. The Hall–Kier alpha value is -0.845. The fraction of sp³-hybridized carbons (Fsp3) is 0.429. The van der Waals surface area contributed by atoms with Crippen molar-refractivity contribution in [2.24, 2.45) is 0 Å². The van der Waals surface area contributed by atoms with E-state index in [1.807, 2.05) is 27.7 Å². The lowest BCUT2D eigenvalue weighted by Gasteiger charge is -2.32. The predicted octanol–water partition coefficient (Wildman–Crippen LogP) is 4.10. The van der Waals surface area contributed by atoms with Gasteiger partial charge in [-0.25, -0.2) is 4.39 Å². The van der Waals surface area contributed by atoms with Gasteiger partial charge in [-0.05, 0) is 45.9 Å². The molecule has 108 valence electrons. The molecule has 1 saturated heterocycles. The minimum atomic E-state index is -1.05. The molecule has 1 fully saturated rings. The molecule has 1 heterocycles. The van der Waals surface area contributed by atoms with Crippen molar-refractivity contribution in [2.45, 2.75) is 38.9 Å². The molecule has 2 rings (SSSR count). The maximum absolute atomic E-state index is 14.2. The lowest BCUT2D eigenvalue weighted by molar-refractivity contribution is 0.00578. The van der Waals surface area contributed by atoms with Crippen molar-refractivity contribution < 1.29 is 18.8 Å². The molecule has 0 atom stereocenters. The minimum absolute atomic E-state index is 0.00829. The number of benzene rings is 1. The fourth-order valence-electron chi connectivity index (χ4n) is 1.81. The lowest BCUT2D eigenvalue weighted by atomic mass is 9.86. The van der Waals surface area contributed by atoms with Gasteiger partial charge in [0.05, 0.1) is 11.2 Å². The van der Waals surface area contributed by atoms with Gasteiger partial charge < -0.3 is 14.4 Å². The normalized spacial score (nSPS) is 21.3.